The summed E-state index contributed by atoms with van der Waals surface area (Å²) in [5.74, 6) is -0.423. The van der Waals surface area contributed by atoms with Gasteiger partial charge in [-0.1, -0.05) is 11.6 Å². The summed E-state index contributed by atoms with van der Waals surface area (Å²) in [6.07, 6.45) is 3.45. The van der Waals surface area contributed by atoms with Gasteiger partial charge in [-0.05, 0) is 34.1 Å². The lowest BCUT2D eigenvalue weighted by Crippen LogP contribution is -2.05. The van der Waals surface area contributed by atoms with Crippen LogP contribution in [0.15, 0.2) is 35.1 Å². The van der Waals surface area contributed by atoms with Gasteiger partial charge in [0.1, 0.15) is 6.61 Å². The summed E-state index contributed by atoms with van der Waals surface area (Å²) < 4.78 is 7.49. The summed E-state index contributed by atoms with van der Waals surface area (Å²) in [7, 11) is 1.80. The van der Waals surface area contributed by atoms with Gasteiger partial charge in [0.05, 0.1) is 11.8 Å². The zero-order valence-electron chi connectivity index (χ0n) is 9.56. The number of carbonyl (C=O) groups is 1. The molecule has 1 heterocycles. The summed E-state index contributed by atoms with van der Waals surface area (Å²) in [6.45, 7) is 0.186. The molecule has 0 unspecified atom stereocenters. The first-order chi connectivity index (χ1) is 8.56. The molecule has 0 bridgehead atoms. The van der Waals surface area contributed by atoms with Gasteiger partial charge >= 0.3 is 5.97 Å². The smallest absolute Gasteiger partial charge is 0.339 e. The largest absolute Gasteiger partial charge is 0.457 e. The minimum Gasteiger partial charge on any atom is -0.457 e. The number of nitrogens with zero attached hydrogens (tertiary/aromatic N) is 2. The lowest BCUT2D eigenvalue weighted by molar-refractivity contribution is 0.0471. The normalized spacial score (nSPS) is 10.4. The fraction of sp³-hybridized carbons (Fsp3) is 0.167. The molecule has 0 aliphatic heterocycles. The molecule has 94 valence electrons. The van der Waals surface area contributed by atoms with Crippen molar-refractivity contribution in [3.8, 4) is 0 Å². The van der Waals surface area contributed by atoms with Gasteiger partial charge in [0.15, 0.2) is 0 Å². The van der Waals surface area contributed by atoms with Crippen LogP contribution in [-0.4, -0.2) is 15.7 Å². The van der Waals surface area contributed by atoms with Gasteiger partial charge < -0.3 is 4.74 Å². The second kappa shape index (κ2) is 5.54. The van der Waals surface area contributed by atoms with Crippen molar-refractivity contribution in [3.05, 3.63) is 51.2 Å². The van der Waals surface area contributed by atoms with E-state index in [2.05, 4.69) is 21.0 Å². The SMILES string of the molecule is Cn1cc(COC(=O)c2cc(Cl)ccc2Br)cn1. The van der Waals surface area contributed by atoms with Crippen LogP contribution in [0.2, 0.25) is 5.02 Å². The van der Waals surface area contributed by atoms with Gasteiger partial charge in [0.25, 0.3) is 0 Å². The number of ether oxygens (including phenoxy) is 1. The summed E-state index contributed by atoms with van der Waals surface area (Å²) >= 11 is 9.12. The van der Waals surface area contributed by atoms with Crippen molar-refractivity contribution in [2.24, 2.45) is 7.05 Å². The average molecular weight is 330 g/mol. The molecule has 0 amide bonds. The van der Waals surface area contributed by atoms with E-state index in [0.717, 1.165) is 5.56 Å². The molecule has 0 saturated heterocycles. The molecular weight excluding hydrogens is 320 g/mol. The van der Waals surface area contributed by atoms with Crippen LogP contribution >= 0.6 is 27.5 Å². The van der Waals surface area contributed by atoms with Gasteiger partial charge in [-0.15, -0.1) is 0 Å². The van der Waals surface area contributed by atoms with Crippen LogP contribution in [0.4, 0.5) is 0 Å². The average Bonchev–Trinajstić information content (AvgIpc) is 2.75. The van der Waals surface area contributed by atoms with E-state index in [-0.39, 0.29) is 6.61 Å². The Hall–Kier alpha value is -1.33. The van der Waals surface area contributed by atoms with Crippen molar-refractivity contribution in [2.45, 2.75) is 6.61 Å². The van der Waals surface area contributed by atoms with Gasteiger partial charge in [0, 0.05) is 28.3 Å². The number of benzene rings is 1. The van der Waals surface area contributed by atoms with E-state index in [1.165, 1.54) is 0 Å². The number of carbonyl (C=O) groups excluding carboxylic acids is 1. The minimum absolute atomic E-state index is 0.186. The number of aromatic nitrogens is 2. The first-order valence-corrected chi connectivity index (χ1v) is 6.33. The quantitative estimate of drug-likeness (QED) is 0.812. The molecule has 2 rings (SSSR count). The molecule has 18 heavy (non-hydrogen) atoms. The number of esters is 1. The molecule has 1 aromatic heterocycles. The highest BCUT2D eigenvalue weighted by Crippen LogP contribution is 2.22. The Bertz CT molecular complexity index is 583. The summed E-state index contributed by atoms with van der Waals surface area (Å²) in [5.41, 5.74) is 1.25. The second-order valence-electron chi connectivity index (χ2n) is 3.72. The summed E-state index contributed by atoms with van der Waals surface area (Å²) in [4.78, 5) is 11.9. The van der Waals surface area contributed by atoms with Crippen molar-refractivity contribution in [1.82, 2.24) is 9.78 Å². The molecule has 0 aliphatic rings. The number of hydrogen-bond donors (Lipinski definition) is 0. The third-order valence-corrected chi connectivity index (χ3v) is 3.20. The lowest BCUT2D eigenvalue weighted by Gasteiger charge is -2.05. The molecule has 4 nitrogen and oxygen atoms in total. The van der Waals surface area contributed by atoms with E-state index >= 15 is 0 Å². The van der Waals surface area contributed by atoms with Crippen molar-refractivity contribution >= 4 is 33.5 Å². The van der Waals surface area contributed by atoms with Gasteiger partial charge in [-0.3, -0.25) is 4.68 Å². The maximum atomic E-state index is 11.9. The monoisotopic (exact) mass is 328 g/mol. The maximum absolute atomic E-state index is 11.9. The highest BCUT2D eigenvalue weighted by atomic mass is 79.9. The van der Waals surface area contributed by atoms with Crippen LogP contribution in [-0.2, 0) is 18.4 Å². The number of hydrogen-bond acceptors (Lipinski definition) is 3. The molecule has 1 aromatic carbocycles. The predicted molar refractivity (Wildman–Crippen MR) is 71.5 cm³/mol. The van der Waals surface area contributed by atoms with Crippen LogP contribution in [0.1, 0.15) is 15.9 Å². The van der Waals surface area contributed by atoms with Crippen molar-refractivity contribution < 1.29 is 9.53 Å². The minimum atomic E-state index is -0.423. The molecule has 0 atom stereocenters. The topological polar surface area (TPSA) is 44.1 Å². The zero-order chi connectivity index (χ0) is 13.1. The van der Waals surface area contributed by atoms with Crippen molar-refractivity contribution in [2.75, 3.05) is 0 Å². The van der Waals surface area contributed by atoms with Crippen LogP contribution in [0.25, 0.3) is 0 Å². The number of aryl methyl sites for hydroxylation is 1. The molecule has 0 radical (unpaired) electrons. The molecule has 2 aromatic rings. The third-order valence-electron chi connectivity index (χ3n) is 2.28. The Morgan fingerprint density at radius 3 is 3.00 bits per heavy atom. The fourth-order valence-corrected chi connectivity index (χ4v) is 2.01. The van der Waals surface area contributed by atoms with Crippen LogP contribution in [0.5, 0.6) is 0 Å². The Morgan fingerprint density at radius 1 is 1.56 bits per heavy atom. The standard InChI is InChI=1S/C12H10BrClN2O2/c1-16-6-8(5-15-16)7-18-12(17)10-4-9(14)2-3-11(10)13/h2-6H,7H2,1H3. The van der Waals surface area contributed by atoms with Gasteiger partial charge in [-0.25, -0.2) is 4.79 Å². The highest BCUT2D eigenvalue weighted by Gasteiger charge is 2.12. The van der Waals surface area contributed by atoms with Gasteiger partial charge in [0.2, 0.25) is 0 Å². The van der Waals surface area contributed by atoms with Crippen LogP contribution < -0.4 is 0 Å². The molecule has 6 heteroatoms. The Morgan fingerprint density at radius 2 is 2.33 bits per heavy atom. The van der Waals surface area contributed by atoms with E-state index in [4.69, 9.17) is 16.3 Å². The maximum Gasteiger partial charge on any atom is 0.339 e. The predicted octanol–water partition coefficient (Wildman–Crippen LogP) is 3.19. The van der Waals surface area contributed by atoms with Crippen LogP contribution in [0.3, 0.4) is 0 Å². The highest BCUT2D eigenvalue weighted by molar-refractivity contribution is 9.10. The first kappa shape index (κ1) is 13.1. The molecular formula is C12H10BrClN2O2. The number of halogens is 2. The lowest BCUT2D eigenvalue weighted by atomic mass is 10.2. The van der Waals surface area contributed by atoms with E-state index < -0.39 is 5.97 Å². The second-order valence-corrected chi connectivity index (χ2v) is 5.01. The summed E-state index contributed by atoms with van der Waals surface area (Å²) in [5, 5.41) is 4.49. The summed E-state index contributed by atoms with van der Waals surface area (Å²) in [6, 6.07) is 4.98. The fourth-order valence-electron chi connectivity index (χ4n) is 1.43. The third kappa shape index (κ3) is 3.11. The Balaban J connectivity index is 2.05. The molecule has 0 aliphatic carbocycles. The van der Waals surface area contributed by atoms with E-state index in [0.29, 0.717) is 15.1 Å². The van der Waals surface area contributed by atoms with Gasteiger partial charge in [-0.2, -0.15) is 5.10 Å². The van der Waals surface area contributed by atoms with Crippen LogP contribution in [0, 0.1) is 0 Å². The molecule has 0 saturated carbocycles. The van der Waals surface area contributed by atoms with Crippen molar-refractivity contribution in [3.63, 3.8) is 0 Å². The first-order valence-electron chi connectivity index (χ1n) is 5.16. The zero-order valence-corrected chi connectivity index (χ0v) is 11.9. The Labute approximate surface area is 118 Å². The van der Waals surface area contributed by atoms with E-state index in [9.17, 15) is 4.79 Å². The van der Waals surface area contributed by atoms with Crippen molar-refractivity contribution in [1.29, 1.82) is 0 Å². The Kier molecular flexibility index (Phi) is 4.04. The van der Waals surface area contributed by atoms with E-state index in [1.54, 1.807) is 42.3 Å². The van der Waals surface area contributed by atoms with E-state index in [1.807, 2.05) is 0 Å². The molecule has 0 spiro atoms. The molecule has 0 N–H and O–H groups in total. The molecule has 0 fully saturated rings. The number of rotatable bonds is 3.